The number of ether oxygens (including phenoxy) is 2. The predicted octanol–water partition coefficient (Wildman–Crippen LogP) is 2.88. The number of benzene rings is 1. The molecule has 1 aliphatic rings. The van der Waals surface area contributed by atoms with Gasteiger partial charge in [0.1, 0.15) is 6.10 Å². The summed E-state index contributed by atoms with van der Waals surface area (Å²) in [7, 11) is 1.58. The third-order valence-corrected chi connectivity index (χ3v) is 5.59. The summed E-state index contributed by atoms with van der Waals surface area (Å²) in [5, 5.41) is 5.92. The van der Waals surface area contributed by atoms with Crippen LogP contribution in [0, 0.1) is 0 Å². The lowest BCUT2D eigenvalue weighted by molar-refractivity contribution is -0.140. The third kappa shape index (κ3) is 4.48. The summed E-state index contributed by atoms with van der Waals surface area (Å²) in [5.74, 6) is -0.235. The molecule has 0 bridgehead atoms. The number of anilines is 1. The Bertz CT molecular complexity index is 1040. The molecule has 1 fully saturated rings. The Morgan fingerprint density at radius 1 is 1.37 bits per heavy atom. The largest absolute Gasteiger partial charge is 0.384 e. The molecule has 1 aliphatic heterocycles. The number of fused-ring (bicyclic) bond motifs is 1. The number of morpholine rings is 1. The summed E-state index contributed by atoms with van der Waals surface area (Å²) in [6.45, 7) is 1.72. The van der Waals surface area contributed by atoms with Crippen LogP contribution in [0.1, 0.15) is 28.6 Å². The predicted molar refractivity (Wildman–Crippen MR) is 114 cm³/mol. The van der Waals surface area contributed by atoms with Gasteiger partial charge in [0.05, 0.1) is 43.0 Å². The van der Waals surface area contributed by atoms with Crippen molar-refractivity contribution in [3.05, 3.63) is 53.2 Å². The minimum Gasteiger partial charge on any atom is -0.384 e. The Labute approximate surface area is 177 Å². The average Bonchev–Trinajstić information content (AvgIpc) is 3.29. The van der Waals surface area contributed by atoms with E-state index in [4.69, 9.17) is 14.5 Å². The van der Waals surface area contributed by atoms with E-state index in [-0.39, 0.29) is 11.8 Å². The Kier molecular flexibility index (Phi) is 6.32. The fraction of sp³-hybridized carbons (Fsp3) is 0.333. The first-order valence-electron chi connectivity index (χ1n) is 9.64. The van der Waals surface area contributed by atoms with Gasteiger partial charge in [0.25, 0.3) is 5.91 Å². The molecule has 1 atom stereocenters. The number of rotatable bonds is 6. The molecule has 156 valence electrons. The number of nitrogens with zero attached hydrogens (tertiary/aromatic N) is 3. The molecule has 0 radical (unpaired) electrons. The summed E-state index contributed by atoms with van der Waals surface area (Å²) in [6.07, 6.45) is 1.57. The number of nitrogens with one attached hydrogen (secondary N) is 1. The molecular weight excluding hydrogens is 404 g/mol. The van der Waals surface area contributed by atoms with Gasteiger partial charge in [-0.1, -0.05) is 18.2 Å². The van der Waals surface area contributed by atoms with Gasteiger partial charge >= 0.3 is 0 Å². The number of amides is 2. The van der Waals surface area contributed by atoms with Crippen molar-refractivity contribution in [2.75, 3.05) is 38.7 Å². The molecule has 3 heterocycles. The van der Waals surface area contributed by atoms with Crippen LogP contribution < -0.4 is 5.32 Å². The molecule has 3 aromatic rings. The Hall–Kier alpha value is -2.88. The molecule has 0 spiro atoms. The van der Waals surface area contributed by atoms with E-state index in [0.717, 1.165) is 5.39 Å². The molecule has 8 nitrogen and oxygen atoms in total. The topological polar surface area (TPSA) is 93.6 Å². The first-order chi connectivity index (χ1) is 14.7. The second kappa shape index (κ2) is 9.29. The van der Waals surface area contributed by atoms with Gasteiger partial charge in [0.15, 0.2) is 5.13 Å². The van der Waals surface area contributed by atoms with E-state index in [2.05, 4.69) is 10.3 Å². The van der Waals surface area contributed by atoms with Crippen molar-refractivity contribution in [3.8, 4) is 0 Å². The zero-order valence-electron chi connectivity index (χ0n) is 16.5. The standard InChI is InChI=1S/C21H22N4O4S/c1-28-9-6-19(26)25-8-10-29-18(13-25)17-12-15(14-4-2-3-5-16(14)23-17)20(27)24-21-22-7-11-30-21/h2-5,7,11-12,18H,6,8-10,13H2,1H3,(H,22,24,27)/t18-/m1/s1. The van der Waals surface area contributed by atoms with Crippen molar-refractivity contribution >= 4 is 39.2 Å². The van der Waals surface area contributed by atoms with E-state index >= 15 is 0 Å². The van der Waals surface area contributed by atoms with Gasteiger partial charge in [-0.3, -0.25) is 14.9 Å². The van der Waals surface area contributed by atoms with Crippen molar-refractivity contribution < 1.29 is 19.1 Å². The van der Waals surface area contributed by atoms with Crippen LogP contribution in [0.4, 0.5) is 5.13 Å². The maximum absolute atomic E-state index is 13.0. The summed E-state index contributed by atoms with van der Waals surface area (Å²) in [4.78, 5) is 36.0. The lowest BCUT2D eigenvalue weighted by atomic mass is 10.0. The van der Waals surface area contributed by atoms with Crippen LogP contribution in [-0.4, -0.2) is 60.1 Å². The summed E-state index contributed by atoms with van der Waals surface area (Å²) >= 11 is 1.36. The molecule has 0 unspecified atom stereocenters. The number of para-hydroxylation sites is 1. The number of methoxy groups -OCH3 is 1. The highest BCUT2D eigenvalue weighted by Crippen LogP contribution is 2.27. The van der Waals surface area contributed by atoms with E-state index in [9.17, 15) is 9.59 Å². The van der Waals surface area contributed by atoms with Gasteiger partial charge in [-0.15, -0.1) is 11.3 Å². The van der Waals surface area contributed by atoms with Crippen molar-refractivity contribution in [2.24, 2.45) is 0 Å². The van der Waals surface area contributed by atoms with Crippen LogP contribution in [0.15, 0.2) is 41.9 Å². The second-order valence-electron chi connectivity index (χ2n) is 6.85. The highest BCUT2D eigenvalue weighted by atomic mass is 32.1. The van der Waals surface area contributed by atoms with Gasteiger partial charge < -0.3 is 14.4 Å². The minimum absolute atomic E-state index is 0.0210. The highest BCUT2D eigenvalue weighted by Gasteiger charge is 2.27. The molecule has 1 saturated heterocycles. The molecular formula is C21H22N4O4S. The normalized spacial score (nSPS) is 16.6. The highest BCUT2D eigenvalue weighted by molar-refractivity contribution is 7.13. The van der Waals surface area contributed by atoms with Crippen molar-refractivity contribution in [1.29, 1.82) is 0 Å². The Morgan fingerprint density at radius 2 is 2.23 bits per heavy atom. The molecule has 1 N–H and O–H groups in total. The smallest absolute Gasteiger partial charge is 0.258 e. The lowest BCUT2D eigenvalue weighted by Gasteiger charge is -2.33. The number of thiazole rings is 1. The number of aromatic nitrogens is 2. The average molecular weight is 426 g/mol. The monoisotopic (exact) mass is 426 g/mol. The molecule has 1 aromatic carbocycles. The van der Waals surface area contributed by atoms with Crippen molar-refractivity contribution in [2.45, 2.75) is 12.5 Å². The fourth-order valence-corrected chi connectivity index (χ4v) is 3.92. The SMILES string of the molecule is COCCC(=O)N1CCO[C@@H](c2cc(C(=O)Nc3nccs3)c3ccccc3n2)C1. The number of carbonyl (C=O) groups excluding carboxylic acids is 2. The maximum atomic E-state index is 13.0. The second-order valence-corrected chi connectivity index (χ2v) is 7.74. The number of carbonyl (C=O) groups is 2. The quantitative estimate of drug-likeness (QED) is 0.651. The summed E-state index contributed by atoms with van der Waals surface area (Å²) in [6, 6.07) is 9.23. The van der Waals surface area contributed by atoms with E-state index < -0.39 is 6.10 Å². The van der Waals surface area contributed by atoms with Crippen LogP contribution in [-0.2, 0) is 14.3 Å². The van der Waals surface area contributed by atoms with Crippen LogP contribution in [0.2, 0.25) is 0 Å². The molecule has 4 rings (SSSR count). The molecule has 2 aromatic heterocycles. The first-order valence-corrected chi connectivity index (χ1v) is 10.5. The van der Waals surface area contributed by atoms with Crippen LogP contribution >= 0.6 is 11.3 Å². The van der Waals surface area contributed by atoms with E-state index in [1.165, 1.54) is 11.3 Å². The molecule has 9 heteroatoms. The number of pyridine rings is 1. The minimum atomic E-state index is -0.402. The van der Waals surface area contributed by atoms with Crippen LogP contribution in [0.25, 0.3) is 10.9 Å². The van der Waals surface area contributed by atoms with Crippen molar-refractivity contribution in [1.82, 2.24) is 14.9 Å². The Morgan fingerprint density at radius 3 is 3.03 bits per heavy atom. The van der Waals surface area contributed by atoms with E-state index in [1.807, 2.05) is 24.3 Å². The zero-order chi connectivity index (χ0) is 20.9. The molecule has 2 amide bonds. The molecule has 30 heavy (non-hydrogen) atoms. The van der Waals surface area contributed by atoms with Crippen molar-refractivity contribution in [3.63, 3.8) is 0 Å². The molecule has 0 saturated carbocycles. The van der Waals surface area contributed by atoms with Crippen LogP contribution in [0.3, 0.4) is 0 Å². The van der Waals surface area contributed by atoms with Gasteiger partial charge in [-0.05, 0) is 12.1 Å². The zero-order valence-corrected chi connectivity index (χ0v) is 17.4. The fourth-order valence-electron chi connectivity index (χ4n) is 3.40. The third-order valence-electron chi connectivity index (χ3n) is 4.90. The van der Waals surface area contributed by atoms with Crippen LogP contribution in [0.5, 0.6) is 0 Å². The summed E-state index contributed by atoms with van der Waals surface area (Å²) < 4.78 is 10.9. The van der Waals surface area contributed by atoms with Gasteiger partial charge in [0.2, 0.25) is 5.91 Å². The van der Waals surface area contributed by atoms with Gasteiger partial charge in [0, 0.05) is 30.6 Å². The maximum Gasteiger partial charge on any atom is 0.258 e. The van der Waals surface area contributed by atoms with E-state index in [0.29, 0.717) is 54.6 Å². The van der Waals surface area contributed by atoms with E-state index in [1.54, 1.807) is 29.7 Å². The number of hydrogen-bond acceptors (Lipinski definition) is 7. The number of hydrogen-bond donors (Lipinski definition) is 1. The van der Waals surface area contributed by atoms with Gasteiger partial charge in [-0.2, -0.15) is 0 Å². The molecule has 0 aliphatic carbocycles. The lowest BCUT2D eigenvalue weighted by Crippen LogP contribution is -2.42. The van der Waals surface area contributed by atoms with Gasteiger partial charge in [-0.25, -0.2) is 9.97 Å². The Balaban J connectivity index is 1.62. The summed E-state index contributed by atoms with van der Waals surface area (Å²) in [5.41, 5.74) is 1.82. The first kappa shape index (κ1) is 20.4.